The van der Waals surface area contributed by atoms with E-state index >= 15 is 0 Å². The van der Waals surface area contributed by atoms with Crippen molar-refractivity contribution in [1.82, 2.24) is 10.2 Å². The molecule has 1 amide bonds. The normalized spacial score (nSPS) is 19.7. The van der Waals surface area contributed by atoms with Gasteiger partial charge < -0.3 is 10.2 Å². The van der Waals surface area contributed by atoms with Gasteiger partial charge in [-0.3, -0.25) is 4.79 Å². The Labute approximate surface area is 144 Å². The van der Waals surface area contributed by atoms with Gasteiger partial charge in [0.2, 0.25) is 5.91 Å². The van der Waals surface area contributed by atoms with Crippen LogP contribution >= 0.6 is 0 Å². The van der Waals surface area contributed by atoms with Crippen molar-refractivity contribution in [2.75, 3.05) is 20.1 Å². The Kier molecular flexibility index (Phi) is 5.31. The number of hydrogen-bond donors (Lipinski definition) is 1. The van der Waals surface area contributed by atoms with E-state index in [1.165, 1.54) is 11.1 Å². The van der Waals surface area contributed by atoms with E-state index in [1.807, 2.05) is 30.3 Å². The van der Waals surface area contributed by atoms with Crippen molar-refractivity contribution < 1.29 is 4.79 Å². The van der Waals surface area contributed by atoms with Crippen molar-refractivity contribution in [2.24, 2.45) is 5.92 Å². The molecule has 0 aromatic heterocycles. The van der Waals surface area contributed by atoms with E-state index in [4.69, 9.17) is 0 Å². The molecular weight excluding hydrogens is 296 g/mol. The third kappa shape index (κ3) is 3.85. The quantitative estimate of drug-likeness (QED) is 0.934. The summed E-state index contributed by atoms with van der Waals surface area (Å²) in [6.07, 6.45) is 2.07. The van der Waals surface area contributed by atoms with Crippen LogP contribution in [0.25, 0.3) is 0 Å². The lowest BCUT2D eigenvalue weighted by molar-refractivity contribution is -0.127. The van der Waals surface area contributed by atoms with Crippen molar-refractivity contribution in [3.63, 3.8) is 0 Å². The Morgan fingerprint density at radius 2 is 1.83 bits per heavy atom. The number of aryl methyl sites for hydroxylation is 1. The first-order chi connectivity index (χ1) is 11.6. The minimum atomic E-state index is -0.0906. The molecule has 1 aliphatic heterocycles. The number of nitrogens with zero attached hydrogens (tertiary/aromatic N) is 1. The van der Waals surface area contributed by atoms with Crippen LogP contribution in [0, 0.1) is 12.8 Å². The summed E-state index contributed by atoms with van der Waals surface area (Å²) in [6.45, 7) is 4.04. The highest BCUT2D eigenvalue weighted by Crippen LogP contribution is 2.26. The van der Waals surface area contributed by atoms with Gasteiger partial charge in [0.1, 0.15) is 0 Å². The van der Waals surface area contributed by atoms with Gasteiger partial charge in [-0.1, -0.05) is 54.6 Å². The fraction of sp³-hybridized carbons (Fsp3) is 0.381. The van der Waals surface area contributed by atoms with Crippen molar-refractivity contribution in [3.8, 4) is 0 Å². The van der Waals surface area contributed by atoms with Crippen molar-refractivity contribution in [3.05, 3.63) is 71.3 Å². The molecule has 0 radical (unpaired) electrons. The Morgan fingerprint density at radius 3 is 2.54 bits per heavy atom. The minimum Gasteiger partial charge on any atom is -0.345 e. The van der Waals surface area contributed by atoms with Crippen LogP contribution in [0.5, 0.6) is 0 Å². The van der Waals surface area contributed by atoms with Crippen molar-refractivity contribution in [2.45, 2.75) is 25.8 Å². The summed E-state index contributed by atoms with van der Waals surface area (Å²) in [5.41, 5.74) is 3.50. The average molecular weight is 322 g/mol. The summed E-state index contributed by atoms with van der Waals surface area (Å²) in [5, 5.41) is 3.32. The van der Waals surface area contributed by atoms with E-state index in [1.54, 1.807) is 0 Å². The second kappa shape index (κ2) is 7.63. The van der Waals surface area contributed by atoms with Gasteiger partial charge in [-0.2, -0.15) is 0 Å². The topological polar surface area (TPSA) is 32.3 Å². The summed E-state index contributed by atoms with van der Waals surface area (Å²) in [7, 11) is 2.09. The molecule has 1 saturated heterocycles. The van der Waals surface area contributed by atoms with Crippen LogP contribution in [0.3, 0.4) is 0 Å². The fourth-order valence-electron chi connectivity index (χ4n) is 3.54. The molecule has 3 nitrogen and oxygen atoms in total. The van der Waals surface area contributed by atoms with Crippen LogP contribution < -0.4 is 5.32 Å². The number of nitrogens with one attached hydrogen (secondary N) is 1. The highest BCUT2D eigenvalue weighted by Gasteiger charge is 2.27. The SMILES string of the molecule is Cc1ccccc1[C@H](NC(=O)[C@H]1CCCN(C)C1)c1ccccc1. The molecule has 1 fully saturated rings. The zero-order chi connectivity index (χ0) is 16.9. The van der Waals surface area contributed by atoms with Crippen LogP contribution in [0.2, 0.25) is 0 Å². The molecule has 3 heteroatoms. The third-order valence-corrected chi connectivity index (χ3v) is 4.91. The molecule has 0 bridgehead atoms. The smallest absolute Gasteiger partial charge is 0.225 e. The number of piperidine rings is 1. The van der Waals surface area contributed by atoms with E-state index in [2.05, 4.69) is 48.5 Å². The predicted molar refractivity (Wildman–Crippen MR) is 97.8 cm³/mol. The van der Waals surface area contributed by atoms with E-state index < -0.39 is 0 Å². The lowest BCUT2D eigenvalue weighted by Crippen LogP contribution is -2.42. The van der Waals surface area contributed by atoms with Crippen LogP contribution in [0.4, 0.5) is 0 Å². The number of rotatable bonds is 4. The number of hydrogen-bond acceptors (Lipinski definition) is 2. The monoisotopic (exact) mass is 322 g/mol. The summed E-state index contributed by atoms with van der Waals surface area (Å²) in [5.74, 6) is 0.248. The fourth-order valence-corrected chi connectivity index (χ4v) is 3.54. The molecule has 2 atom stereocenters. The molecule has 0 aliphatic carbocycles. The van der Waals surface area contributed by atoms with Crippen molar-refractivity contribution >= 4 is 5.91 Å². The molecule has 2 aromatic carbocycles. The second-order valence-electron chi connectivity index (χ2n) is 6.81. The molecule has 0 unspecified atom stereocenters. The maximum absolute atomic E-state index is 12.9. The van der Waals surface area contributed by atoms with E-state index in [-0.39, 0.29) is 17.9 Å². The Balaban J connectivity index is 1.85. The molecular formula is C21H26N2O. The maximum atomic E-state index is 12.9. The predicted octanol–water partition coefficient (Wildman–Crippen LogP) is 3.54. The highest BCUT2D eigenvalue weighted by atomic mass is 16.2. The van der Waals surface area contributed by atoms with Gasteiger partial charge in [0, 0.05) is 6.54 Å². The molecule has 1 aliphatic rings. The highest BCUT2D eigenvalue weighted by molar-refractivity contribution is 5.80. The van der Waals surface area contributed by atoms with Crippen molar-refractivity contribution in [1.29, 1.82) is 0 Å². The second-order valence-corrected chi connectivity index (χ2v) is 6.81. The average Bonchev–Trinajstić information content (AvgIpc) is 2.61. The molecule has 2 aromatic rings. The first-order valence-corrected chi connectivity index (χ1v) is 8.74. The van der Waals surface area contributed by atoms with Gasteiger partial charge in [0.05, 0.1) is 12.0 Å². The Bertz CT molecular complexity index is 683. The largest absolute Gasteiger partial charge is 0.345 e. The summed E-state index contributed by atoms with van der Waals surface area (Å²) in [4.78, 5) is 15.1. The summed E-state index contributed by atoms with van der Waals surface area (Å²) < 4.78 is 0. The molecule has 1 N–H and O–H groups in total. The lowest BCUT2D eigenvalue weighted by atomic mass is 9.92. The molecule has 126 valence electrons. The van der Waals surface area contributed by atoms with Gasteiger partial charge in [-0.15, -0.1) is 0 Å². The number of carbonyl (C=O) groups excluding carboxylic acids is 1. The van der Waals surface area contributed by atoms with Gasteiger partial charge in [-0.05, 0) is 50.0 Å². The molecule has 0 spiro atoms. The van der Waals surface area contributed by atoms with Crippen LogP contribution in [0.1, 0.15) is 35.6 Å². The number of likely N-dealkylation sites (tertiary alicyclic amines) is 1. The Hall–Kier alpha value is -2.13. The van der Waals surface area contributed by atoms with Gasteiger partial charge in [0.25, 0.3) is 0 Å². The van der Waals surface area contributed by atoms with E-state index in [0.717, 1.165) is 31.5 Å². The van der Waals surface area contributed by atoms with Gasteiger partial charge in [-0.25, -0.2) is 0 Å². The third-order valence-electron chi connectivity index (χ3n) is 4.91. The summed E-state index contributed by atoms with van der Waals surface area (Å²) >= 11 is 0. The molecule has 1 heterocycles. The molecule has 3 rings (SSSR count). The lowest BCUT2D eigenvalue weighted by Gasteiger charge is -2.30. The number of carbonyl (C=O) groups is 1. The van der Waals surface area contributed by atoms with E-state index in [0.29, 0.717) is 0 Å². The molecule has 0 saturated carbocycles. The first-order valence-electron chi connectivity index (χ1n) is 8.74. The zero-order valence-electron chi connectivity index (χ0n) is 14.5. The van der Waals surface area contributed by atoms with Crippen LogP contribution in [-0.2, 0) is 4.79 Å². The minimum absolute atomic E-state index is 0.0824. The maximum Gasteiger partial charge on any atom is 0.225 e. The first kappa shape index (κ1) is 16.7. The van der Waals surface area contributed by atoms with Crippen LogP contribution in [0.15, 0.2) is 54.6 Å². The van der Waals surface area contributed by atoms with Gasteiger partial charge in [0.15, 0.2) is 0 Å². The number of benzene rings is 2. The van der Waals surface area contributed by atoms with Gasteiger partial charge >= 0.3 is 0 Å². The summed E-state index contributed by atoms with van der Waals surface area (Å²) in [6, 6.07) is 18.4. The Morgan fingerprint density at radius 1 is 1.12 bits per heavy atom. The standard InChI is InChI=1S/C21H26N2O/c1-16-9-6-7-13-19(16)20(17-10-4-3-5-11-17)22-21(24)18-12-8-14-23(2)15-18/h3-7,9-11,13,18,20H,8,12,14-15H2,1-2H3,(H,22,24)/t18-,20+/m0/s1. The number of amides is 1. The molecule has 24 heavy (non-hydrogen) atoms. The van der Waals surface area contributed by atoms with Crippen LogP contribution in [-0.4, -0.2) is 30.9 Å². The van der Waals surface area contributed by atoms with E-state index in [9.17, 15) is 4.79 Å². The zero-order valence-corrected chi connectivity index (χ0v) is 14.5.